The number of amides is 1. The van der Waals surface area contributed by atoms with Crippen LogP contribution in [-0.2, 0) is 6.42 Å². The number of nitrogens with zero attached hydrogens (tertiary/aromatic N) is 4. The van der Waals surface area contributed by atoms with Crippen LogP contribution < -0.4 is 0 Å². The maximum absolute atomic E-state index is 13.5. The highest BCUT2D eigenvalue weighted by Crippen LogP contribution is 2.40. The van der Waals surface area contributed by atoms with Crippen LogP contribution in [-0.4, -0.2) is 44.2 Å². The minimum atomic E-state index is 0.0506. The van der Waals surface area contributed by atoms with Crippen molar-refractivity contribution in [3.8, 4) is 5.69 Å². The largest absolute Gasteiger partial charge is 0.338 e. The fourth-order valence-corrected chi connectivity index (χ4v) is 6.80. The number of rotatable bonds is 2. The Morgan fingerprint density at radius 1 is 0.949 bits per heavy atom. The van der Waals surface area contributed by atoms with E-state index in [2.05, 4.69) is 38.8 Å². The van der Waals surface area contributed by atoms with E-state index in [9.17, 15) is 9.59 Å². The van der Waals surface area contributed by atoms with Crippen LogP contribution in [0.25, 0.3) is 22.3 Å². The van der Waals surface area contributed by atoms with Crippen molar-refractivity contribution in [2.24, 2.45) is 0 Å². The highest BCUT2D eigenvalue weighted by molar-refractivity contribution is 7.12. The van der Waals surface area contributed by atoms with Crippen LogP contribution in [0.2, 0.25) is 0 Å². The predicted molar refractivity (Wildman–Crippen MR) is 154 cm³/mol. The molecule has 1 aliphatic heterocycles. The lowest BCUT2D eigenvalue weighted by Crippen LogP contribution is -2.36. The van der Waals surface area contributed by atoms with Gasteiger partial charge in [0, 0.05) is 42.5 Å². The van der Waals surface area contributed by atoms with E-state index in [4.69, 9.17) is 0 Å². The molecule has 0 unspecified atom stereocenters. The number of aryl methyl sites for hydroxylation is 1. The molecule has 192 valence electrons. The maximum atomic E-state index is 13.5. The lowest BCUT2D eigenvalue weighted by atomic mass is 9.87. The summed E-state index contributed by atoms with van der Waals surface area (Å²) in [6.07, 6.45) is 5.56. The average molecular weight is 531 g/mol. The van der Waals surface area contributed by atoms with Gasteiger partial charge >= 0.3 is 0 Å². The normalized spacial score (nSPS) is 15.3. The highest BCUT2D eigenvalue weighted by atomic mass is 32.1. The van der Waals surface area contributed by atoms with Gasteiger partial charge in [0.2, 0.25) is 0 Å². The summed E-state index contributed by atoms with van der Waals surface area (Å²) in [5, 5.41) is 2.02. The molecule has 39 heavy (non-hydrogen) atoms. The monoisotopic (exact) mass is 530 g/mol. The van der Waals surface area contributed by atoms with Crippen molar-refractivity contribution in [2.45, 2.75) is 26.2 Å². The Labute approximate surface area is 230 Å². The second-order valence-electron chi connectivity index (χ2n) is 10.1. The number of Topliss-reactive ketones (excluding diaryl/α,β-unsaturated/α-hetero) is 1. The van der Waals surface area contributed by atoms with Gasteiger partial charge in [-0.25, -0.2) is 4.98 Å². The molecular formula is C32H26N4O2S. The molecule has 0 spiro atoms. The van der Waals surface area contributed by atoms with Gasteiger partial charge in [0.05, 0.1) is 16.6 Å². The SMILES string of the molecule is Cc1nc2cnccc2n1-c1ccc(C(=O)N2CCC(=C3c4ccccc4CC(=O)c4sccc43)CC2)cc1. The number of aromatic nitrogens is 3. The van der Waals surface area contributed by atoms with Crippen LogP contribution in [0.1, 0.15) is 55.4 Å². The number of ketones is 1. The Morgan fingerprint density at radius 3 is 2.56 bits per heavy atom. The highest BCUT2D eigenvalue weighted by Gasteiger charge is 2.29. The summed E-state index contributed by atoms with van der Waals surface area (Å²) in [6.45, 7) is 3.29. The zero-order valence-corrected chi connectivity index (χ0v) is 22.4. The molecule has 0 radical (unpaired) electrons. The number of imidazole rings is 1. The van der Waals surface area contributed by atoms with Crippen molar-refractivity contribution in [3.63, 3.8) is 0 Å². The summed E-state index contributed by atoms with van der Waals surface area (Å²) in [5.41, 5.74) is 9.32. The van der Waals surface area contributed by atoms with Crippen molar-refractivity contribution in [3.05, 3.63) is 117 Å². The first-order valence-electron chi connectivity index (χ1n) is 13.2. The van der Waals surface area contributed by atoms with Gasteiger partial charge in [-0.1, -0.05) is 29.8 Å². The number of fused-ring (bicyclic) bond motifs is 3. The molecule has 7 rings (SSSR count). The lowest BCUT2D eigenvalue weighted by Gasteiger charge is -2.30. The van der Waals surface area contributed by atoms with E-state index in [0.29, 0.717) is 25.1 Å². The first-order valence-corrected chi connectivity index (χ1v) is 14.1. The van der Waals surface area contributed by atoms with Crippen LogP contribution in [0.3, 0.4) is 0 Å². The van der Waals surface area contributed by atoms with Crippen LogP contribution >= 0.6 is 11.3 Å². The number of benzene rings is 2. The third kappa shape index (κ3) is 4.01. The molecular weight excluding hydrogens is 504 g/mol. The van der Waals surface area contributed by atoms with Crippen LogP contribution in [0, 0.1) is 6.92 Å². The molecule has 0 N–H and O–H groups in total. The Bertz CT molecular complexity index is 1780. The number of piperidine rings is 1. The second-order valence-corrected chi connectivity index (χ2v) is 11.0. The van der Waals surface area contributed by atoms with Gasteiger partial charge in [-0.2, -0.15) is 0 Å². The summed E-state index contributed by atoms with van der Waals surface area (Å²) in [4.78, 5) is 38.0. The van der Waals surface area contributed by atoms with E-state index in [1.165, 1.54) is 22.5 Å². The second kappa shape index (κ2) is 9.43. The first kappa shape index (κ1) is 23.7. The summed E-state index contributed by atoms with van der Waals surface area (Å²) in [6, 6.07) is 20.1. The zero-order chi connectivity index (χ0) is 26.5. The van der Waals surface area contributed by atoms with Gasteiger partial charge in [-0.3, -0.25) is 19.1 Å². The Kier molecular flexibility index (Phi) is 5.74. The molecule has 2 aromatic carbocycles. The molecule has 1 aliphatic carbocycles. The molecule has 3 aromatic heterocycles. The van der Waals surface area contributed by atoms with Gasteiger partial charge in [0.25, 0.3) is 5.91 Å². The van der Waals surface area contributed by atoms with Gasteiger partial charge in [0.1, 0.15) is 11.3 Å². The van der Waals surface area contributed by atoms with Crippen LogP contribution in [0.4, 0.5) is 0 Å². The molecule has 4 heterocycles. The number of likely N-dealkylation sites (tertiary alicyclic amines) is 1. The number of pyridine rings is 1. The van der Waals surface area contributed by atoms with Crippen molar-refractivity contribution in [2.75, 3.05) is 13.1 Å². The minimum Gasteiger partial charge on any atom is -0.338 e. The quantitative estimate of drug-likeness (QED) is 0.270. The number of thiophene rings is 1. The summed E-state index contributed by atoms with van der Waals surface area (Å²) in [7, 11) is 0. The molecule has 0 saturated carbocycles. The van der Waals surface area contributed by atoms with Crippen LogP contribution in [0.5, 0.6) is 0 Å². The topological polar surface area (TPSA) is 68.1 Å². The smallest absolute Gasteiger partial charge is 0.253 e. The summed E-state index contributed by atoms with van der Waals surface area (Å²) in [5.74, 6) is 1.12. The first-order chi connectivity index (χ1) is 19.1. The molecule has 2 aliphatic rings. The number of carbonyl (C=O) groups excluding carboxylic acids is 2. The minimum absolute atomic E-state index is 0.0506. The van der Waals surface area contributed by atoms with Crippen molar-refractivity contribution >= 4 is 39.6 Å². The Balaban J connectivity index is 1.14. The number of hydrogen-bond donors (Lipinski definition) is 0. The van der Waals surface area contributed by atoms with Gasteiger partial charge in [-0.05, 0) is 78.2 Å². The van der Waals surface area contributed by atoms with Gasteiger partial charge < -0.3 is 4.90 Å². The fourth-order valence-electron chi connectivity index (χ4n) is 5.96. The fraction of sp³-hybridized carbons (Fsp3) is 0.188. The number of hydrogen-bond acceptors (Lipinski definition) is 5. The molecule has 1 fully saturated rings. The Hall–Kier alpha value is -4.36. The summed E-state index contributed by atoms with van der Waals surface area (Å²) < 4.78 is 2.08. The van der Waals surface area contributed by atoms with E-state index in [0.717, 1.165) is 57.0 Å². The zero-order valence-electron chi connectivity index (χ0n) is 21.6. The molecule has 1 saturated heterocycles. The van der Waals surface area contributed by atoms with E-state index in [1.54, 1.807) is 12.4 Å². The average Bonchev–Trinajstić information content (AvgIpc) is 3.55. The summed E-state index contributed by atoms with van der Waals surface area (Å²) >= 11 is 1.53. The van der Waals surface area contributed by atoms with E-state index < -0.39 is 0 Å². The van der Waals surface area contributed by atoms with Gasteiger partial charge in [0.15, 0.2) is 5.78 Å². The molecule has 0 bridgehead atoms. The predicted octanol–water partition coefficient (Wildman–Crippen LogP) is 6.27. The van der Waals surface area contributed by atoms with Gasteiger partial charge in [-0.15, -0.1) is 11.3 Å². The molecule has 6 nitrogen and oxygen atoms in total. The number of carbonyl (C=O) groups is 2. The lowest BCUT2D eigenvalue weighted by molar-refractivity contribution is 0.0743. The third-order valence-corrected chi connectivity index (χ3v) is 8.79. The third-order valence-electron chi connectivity index (χ3n) is 7.83. The van der Waals surface area contributed by atoms with E-state index >= 15 is 0 Å². The van der Waals surface area contributed by atoms with E-state index in [1.807, 2.05) is 53.6 Å². The molecule has 1 amide bonds. The molecule has 5 aromatic rings. The standard InChI is InChI=1S/C32H26N4O2S/c1-20-34-27-19-33-14-10-28(27)36(20)24-8-6-22(7-9-24)32(38)35-15-11-21(12-16-35)30-25-5-3-2-4-23(25)18-29(37)31-26(30)13-17-39-31/h2-10,13-14,17,19H,11-12,15-16,18H2,1H3. The van der Waals surface area contributed by atoms with Crippen LogP contribution in [0.15, 0.2) is 84.0 Å². The van der Waals surface area contributed by atoms with E-state index in [-0.39, 0.29) is 11.7 Å². The van der Waals surface area contributed by atoms with Crippen molar-refractivity contribution in [1.82, 2.24) is 19.4 Å². The molecule has 0 atom stereocenters. The van der Waals surface area contributed by atoms with Crippen molar-refractivity contribution in [1.29, 1.82) is 0 Å². The maximum Gasteiger partial charge on any atom is 0.253 e. The van der Waals surface area contributed by atoms with Crippen molar-refractivity contribution < 1.29 is 9.59 Å². The Morgan fingerprint density at radius 2 is 1.74 bits per heavy atom. The molecule has 7 heteroatoms.